The Morgan fingerprint density at radius 3 is 1.02 bits per heavy atom. The maximum atomic E-state index is 10.7. The molecular formula is C92H132B2O12S. The first kappa shape index (κ1) is 93.0. The van der Waals surface area contributed by atoms with E-state index in [9.17, 15) is 30.6 Å². The van der Waals surface area contributed by atoms with Gasteiger partial charge in [-0.05, 0) is 239 Å². The monoisotopic (exact) mass is 1480 g/mol. The van der Waals surface area contributed by atoms with E-state index in [1.807, 2.05) is 76.2 Å². The zero-order valence-electron chi connectivity index (χ0n) is 68.1. The number of phenolic OH excluding ortho intramolecular Hbond substituents is 6. The van der Waals surface area contributed by atoms with Crippen molar-refractivity contribution in [2.24, 2.45) is 11.8 Å². The van der Waals surface area contributed by atoms with Crippen molar-refractivity contribution in [3.8, 4) is 68.2 Å². The van der Waals surface area contributed by atoms with E-state index in [1.165, 1.54) is 60.8 Å². The number of aromatic hydroxyl groups is 6. The van der Waals surface area contributed by atoms with Gasteiger partial charge in [0.25, 0.3) is 11.9 Å². The van der Waals surface area contributed by atoms with Gasteiger partial charge in [0.2, 0.25) is 0 Å². The molecule has 12 nitrogen and oxygen atoms in total. The Bertz CT molecular complexity index is 3660. The van der Waals surface area contributed by atoms with Gasteiger partial charge in [-0.2, -0.15) is 0 Å². The van der Waals surface area contributed by atoms with Crippen molar-refractivity contribution >= 4 is 56.2 Å². The number of hydrogen-bond donors (Lipinski definition) is 8. The molecule has 0 fully saturated rings. The van der Waals surface area contributed by atoms with E-state index >= 15 is 0 Å². The number of carbonyl (C=O) groups is 2. The quantitative estimate of drug-likeness (QED) is 0.0155. The average molecular weight is 1490 g/mol. The highest BCUT2D eigenvalue weighted by atomic mass is 32.1. The Labute approximate surface area is 656 Å². The second kappa shape index (κ2) is 47.6. The Balaban J connectivity index is 0.000000678. The number of rotatable bonds is 20. The fraction of sp³-hybridized carbons (Fsp3) is 0.489. The number of phenols is 6. The predicted octanol–water partition coefficient (Wildman–Crippen LogP) is 24.9. The first-order chi connectivity index (χ1) is 50.3. The topological polar surface area (TPSA) is 214 Å². The minimum atomic E-state index is -0.833. The van der Waals surface area contributed by atoms with Crippen LogP contribution in [-0.2, 0) is 35.3 Å². The van der Waals surface area contributed by atoms with Crippen molar-refractivity contribution in [1.82, 2.24) is 0 Å². The average Bonchev–Trinajstić information content (AvgIpc) is 0.750. The fourth-order valence-electron chi connectivity index (χ4n) is 14.4. The standard InChI is InChI=1S/2C21H30O2.2C21H26O2.2C2H4O2.CHBS.CH3B.2CH4/c2*1-5-6-7-8-15-12-18(22)20-16-11-14(2)9-10-17(16)21(3,4)23-19(20)13-15;2*1-5-6-7-8-16-12-19(22)21(20(23)13-16)18-11-15(4)9-10-17(18)14(2)3;2*1-2(3)4;2-1-3;1-2;;/h2*11-13,16-17,22H,5-10H2,1-4H3;2*9-13,22-23H,2,5-8H2,1,3-4H3;2*1H3,(H,3,4);1H;1H3;2*1H4/t2*16-,17-;;;;;;;;/m11......../s1/i;;;;;;2*1D;;. The van der Waals surface area contributed by atoms with Crippen LogP contribution in [0, 0.1) is 25.7 Å². The summed E-state index contributed by atoms with van der Waals surface area (Å²) in [5.41, 5.74) is 17.4. The number of allylic oxidation sites excluding steroid dienone is 6. The van der Waals surface area contributed by atoms with E-state index in [-0.39, 0.29) is 72.9 Å². The maximum Gasteiger partial charge on any atom is 0.300 e. The van der Waals surface area contributed by atoms with Gasteiger partial charge in [0, 0.05) is 50.0 Å². The molecular weight excluding hydrogens is 1350 g/mol. The van der Waals surface area contributed by atoms with Crippen molar-refractivity contribution in [1.29, 1.82) is 0 Å². The molecule has 2 heterocycles. The van der Waals surface area contributed by atoms with Gasteiger partial charge in [-0.15, -0.1) is 12.2 Å². The van der Waals surface area contributed by atoms with Gasteiger partial charge in [-0.25, -0.2) is 0 Å². The van der Waals surface area contributed by atoms with E-state index in [2.05, 4.69) is 135 Å². The SMILES string of the molecule is C.C.C=C(C)c1ccc(C)cc1-c1c(O)cc(CCCCC)cc1O.C=C(C)c1ccc(C)cc1-c1c(O)cc(CCCCC)cc1O.CC(=O)O.CC(=O)O.CCCCCc1cc(O)c2c(c1)OC(C)(C)[C@@H]1CCC(C)=C[C@@H]21.CCCCCc1cc(O)c2c(c1)OC(C)(C)[C@@H]1CCC(C)=C[C@@H]21.[2H]C([B])=S.[2H]C[B]. The Hall–Kier alpha value is -8.16. The highest BCUT2D eigenvalue weighted by Gasteiger charge is 2.47. The summed E-state index contributed by atoms with van der Waals surface area (Å²) in [6.45, 7) is 40.0. The summed E-state index contributed by atoms with van der Waals surface area (Å²) in [7, 11) is 9.02. The number of carboxylic acids is 2. The summed E-state index contributed by atoms with van der Waals surface area (Å²) in [5.74, 6) is 2.94. The van der Waals surface area contributed by atoms with Crippen LogP contribution < -0.4 is 9.47 Å². The van der Waals surface area contributed by atoms with E-state index in [0.29, 0.717) is 34.5 Å². The second-order valence-electron chi connectivity index (χ2n) is 29.5. The Kier molecular flexibility index (Phi) is 41.4. The Morgan fingerprint density at radius 1 is 0.514 bits per heavy atom. The Morgan fingerprint density at radius 2 is 0.766 bits per heavy atom. The van der Waals surface area contributed by atoms with Crippen molar-refractivity contribution in [3.63, 3.8) is 0 Å². The first-order valence-electron chi connectivity index (χ1n) is 38.8. The molecule has 0 aromatic heterocycles. The van der Waals surface area contributed by atoms with E-state index in [4.69, 9.17) is 32.0 Å². The molecule has 2 aliphatic carbocycles. The smallest absolute Gasteiger partial charge is 0.300 e. The zero-order valence-corrected chi connectivity index (χ0v) is 66.9. The van der Waals surface area contributed by atoms with Crippen molar-refractivity contribution in [3.05, 3.63) is 177 Å². The van der Waals surface area contributed by atoms with Crippen molar-refractivity contribution < 1.29 is 62.7 Å². The second-order valence-corrected chi connectivity index (χ2v) is 29.7. The highest BCUT2D eigenvalue weighted by molar-refractivity contribution is 7.81. The highest BCUT2D eigenvalue weighted by Crippen LogP contribution is 2.55. The van der Waals surface area contributed by atoms with Crippen molar-refractivity contribution in [2.45, 2.75) is 284 Å². The minimum Gasteiger partial charge on any atom is -0.507 e. The molecule has 0 spiro atoms. The lowest BCUT2D eigenvalue weighted by atomic mass is 9.68. The third-order valence-electron chi connectivity index (χ3n) is 19.5. The molecule has 10 rings (SSSR count). The van der Waals surface area contributed by atoms with Crippen LogP contribution in [0.5, 0.6) is 46.0 Å². The van der Waals surface area contributed by atoms with E-state index in [0.717, 1.165) is 182 Å². The third kappa shape index (κ3) is 29.7. The van der Waals surface area contributed by atoms with Crippen LogP contribution in [0.2, 0.25) is 6.80 Å². The molecule has 0 amide bonds. The number of carboxylic acid groups (broad SMARTS) is 2. The molecule has 0 bridgehead atoms. The molecule has 584 valence electrons. The molecule has 107 heavy (non-hydrogen) atoms. The van der Waals surface area contributed by atoms with E-state index in [1.54, 1.807) is 24.3 Å². The number of unbranched alkanes of at least 4 members (excludes halogenated alkanes) is 8. The number of aliphatic carboxylic acids is 2. The lowest BCUT2D eigenvalue weighted by molar-refractivity contribution is -0.135. The number of thiocarbonyl (C=S) groups is 1. The molecule has 6 aromatic rings. The minimum absolute atomic E-state index is 0. The summed E-state index contributed by atoms with van der Waals surface area (Å²) in [6.07, 6.45) is 27.0. The molecule has 4 atom stereocenters. The van der Waals surface area contributed by atoms with Gasteiger partial charge in [0.05, 0.1) is 20.3 Å². The van der Waals surface area contributed by atoms with Crippen LogP contribution in [0.1, 0.15) is 285 Å². The van der Waals surface area contributed by atoms with Crippen LogP contribution in [0.25, 0.3) is 33.4 Å². The van der Waals surface area contributed by atoms with Crippen LogP contribution >= 0.6 is 12.2 Å². The molecule has 8 N–H and O–H groups in total. The summed E-state index contributed by atoms with van der Waals surface area (Å²) >= 11 is 3.98. The molecule has 0 saturated heterocycles. The van der Waals surface area contributed by atoms with E-state index < -0.39 is 11.9 Å². The molecule has 6 aromatic carbocycles. The van der Waals surface area contributed by atoms with Gasteiger partial charge in [-0.1, -0.05) is 201 Å². The summed E-state index contributed by atoms with van der Waals surface area (Å²) in [5, 5.41) is 77.9. The number of fused-ring (bicyclic) bond motifs is 6. The largest absolute Gasteiger partial charge is 0.507 e. The number of ether oxygens (including phenoxy) is 2. The van der Waals surface area contributed by atoms with Crippen LogP contribution in [0.4, 0.5) is 0 Å². The summed E-state index contributed by atoms with van der Waals surface area (Å²) < 4.78 is 24.8. The maximum absolute atomic E-state index is 10.7. The number of aryl methyl sites for hydroxylation is 6. The molecule has 0 saturated carbocycles. The normalized spacial score (nSPS) is 16.3. The summed E-state index contributed by atoms with van der Waals surface area (Å²) in [4.78, 5) is 18.0. The predicted molar refractivity (Wildman–Crippen MR) is 457 cm³/mol. The first-order valence-corrected chi connectivity index (χ1v) is 38.0. The summed E-state index contributed by atoms with van der Waals surface area (Å²) in [6, 6.07) is 27.3. The lowest BCUT2D eigenvalue weighted by Gasteiger charge is -2.46. The molecule has 4 aliphatic rings. The number of benzene rings is 6. The van der Waals surface area contributed by atoms with Gasteiger partial charge in [-0.3, -0.25) is 9.59 Å². The van der Waals surface area contributed by atoms with Crippen LogP contribution in [0.15, 0.2) is 121 Å². The van der Waals surface area contributed by atoms with Gasteiger partial charge < -0.3 is 50.3 Å². The zero-order chi connectivity index (χ0) is 80.6. The van der Waals surface area contributed by atoms with Gasteiger partial charge >= 0.3 is 0 Å². The molecule has 4 radical (unpaired) electrons. The van der Waals surface area contributed by atoms with Gasteiger partial charge in [0.1, 0.15) is 65.0 Å². The lowest BCUT2D eigenvalue weighted by Crippen LogP contribution is -2.45. The molecule has 2 aliphatic heterocycles. The molecule has 15 heteroatoms. The van der Waals surface area contributed by atoms with Crippen molar-refractivity contribution in [2.75, 3.05) is 0 Å². The van der Waals surface area contributed by atoms with Crippen LogP contribution in [0.3, 0.4) is 0 Å². The van der Waals surface area contributed by atoms with Gasteiger partial charge in [0.15, 0.2) is 0 Å². The van der Waals surface area contributed by atoms with Crippen LogP contribution in [-0.4, -0.2) is 84.9 Å². The fourth-order valence-corrected chi connectivity index (χ4v) is 14.4. The number of hydrogen-bond acceptors (Lipinski definition) is 11. The third-order valence-corrected chi connectivity index (χ3v) is 19.5. The molecule has 0 unspecified atom stereocenters.